The Morgan fingerprint density at radius 3 is 3.00 bits per heavy atom. The Balaban J connectivity index is 1.97. The quantitative estimate of drug-likeness (QED) is 0.704. The number of nitrogens with zero attached hydrogens (tertiary/aromatic N) is 4. The first kappa shape index (κ1) is 14.5. The van der Waals surface area contributed by atoms with Crippen molar-refractivity contribution < 1.29 is 4.79 Å². The number of nitrogens with one attached hydrogen (secondary N) is 1. The third-order valence-corrected chi connectivity index (χ3v) is 3.26. The number of carbonyl (C=O) groups is 1. The van der Waals surface area contributed by atoms with E-state index >= 15 is 0 Å². The number of aryl methyl sites for hydroxylation is 1. The Morgan fingerprint density at radius 1 is 1.43 bits per heavy atom. The maximum absolute atomic E-state index is 11.0. The van der Waals surface area contributed by atoms with Gasteiger partial charge in [0.05, 0.1) is 12.7 Å². The monoisotopic (exact) mass is 306 g/mol. The summed E-state index contributed by atoms with van der Waals surface area (Å²) in [7, 11) is 1.83. The van der Waals surface area contributed by atoms with Gasteiger partial charge in [-0.3, -0.25) is 4.79 Å². The zero-order chi connectivity index (χ0) is 16.4. The van der Waals surface area contributed by atoms with Gasteiger partial charge in [0.1, 0.15) is 11.2 Å². The minimum Gasteiger partial charge on any atom is -0.369 e. The first-order chi connectivity index (χ1) is 11.1. The summed E-state index contributed by atoms with van der Waals surface area (Å²) < 4.78 is 1.77. The molecule has 0 unspecified atom stereocenters. The second kappa shape index (κ2) is 5.77. The third kappa shape index (κ3) is 2.96. The van der Waals surface area contributed by atoms with Crippen molar-refractivity contribution in [3.8, 4) is 12.3 Å². The van der Waals surface area contributed by atoms with Gasteiger partial charge in [0.15, 0.2) is 5.65 Å². The van der Waals surface area contributed by atoms with E-state index in [1.54, 1.807) is 10.9 Å². The molecule has 0 atom stereocenters. The van der Waals surface area contributed by atoms with Crippen molar-refractivity contribution in [1.82, 2.24) is 19.5 Å². The molecule has 2 aromatic heterocycles. The first-order valence-corrected chi connectivity index (χ1v) is 6.87. The molecular formula is C16H14N6O. The Morgan fingerprint density at radius 2 is 2.26 bits per heavy atom. The Kier molecular flexibility index (Phi) is 3.65. The van der Waals surface area contributed by atoms with E-state index in [4.69, 9.17) is 12.2 Å². The molecule has 114 valence electrons. The molecule has 0 fully saturated rings. The lowest BCUT2D eigenvalue weighted by atomic mass is 10.1. The number of fused-ring (bicyclic) bond motifs is 1. The van der Waals surface area contributed by atoms with E-state index in [0.29, 0.717) is 22.8 Å². The van der Waals surface area contributed by atoms with E-state index in [2.05, 4.69) is 26.2 Å². The van der Waals surface area contributed by atoms with Crippen LogP contribution in [0.5, 0.6) is 0 Å². The Bertz CT molecular complexity index is 937. The lowest BCUT2D eigenvalue weighted by molar-refractivity contribution is -0.117. The van der Waals surface area contributed by atoms with Gasteiger partial charge in [0.25, 0.3) is 0 Å². The van der Waals surface area contributed by atoms with Crippen molar-refractivity contribution in [2.24, 2.45) is 12.8 Å². The molecule has 0 aliphatic carbocycles. The van der Waals surface area contributed by atoms with Crippen LogP contribution in [0, 0.1) is 12.3 Å². The summed E-state index contributed by atoms with van der Waals surface area (Å²) in [5, 5.41) is 3.09. The molecule has 1 aromatic carbocycles. The predicted octanol–water partition coefficient (Wildman–Crippen LogP) is 1.12. The van der Waals surface area contributed by atoms with Crippen molar-refractivity contribution in [3.05, 3.63) is 41.9 Å². The normalized spacial score (nSPS) is 10.4. The van der Waals surface area contributed by atoms with Crippen molar-refractivity contribution in [1.29, 1.82) is 0 Å². The Hall–Kier alpha value is -3.40. The van der Waals surface area contributed by atoms with E-state index in [1.165, 1.54) is 0 Å². The van der Waals surface area contributed by atoms with Crippen LogP contribution in [0.25, 0.3) is 11.2 Å². The SMILES string of the molecule is C#Cc1nc(Nc2cccc(CC(N)=O)c2)nc2c1ncn2C. The zero-order valence-corrected chi connectivity index (χ0v) is 12.4. The van der Waals surface area contributed by atoms with E-state index < -0.39 is 0 Å². The van der Waals surface area contributed by atoms with E-state index in [-0.39, 0.29) is 12.3 Å². The summed E-state index contributed by atoms with van der Waals surface area (Å²) >= 11 is 0. The van der Waals surface area contributed by atoms with Crippen LogP contribution in [-0.2, 0) is 18.3 Å². The third-order valence-electron chi connectivity index (χ3n) is 3.26. The van der Waals surface area contributed by atoms with Crippen LogP contribution in [0.4, 0.5) is 11.6 Å². The van der Waals surface area contributed by atoms with Gasteiger partial charge in [0, 0.05) is 12.7 Å². The number of rotatable bonds is 4. The van der Waals surface area contributed by atoms with Gasteiger partial charge >= 0.3 is 0 Å². The van der Waals surface area contributed by atoms with E-state index in [0.717, 1.165) is 11.3 Å². The molecule has 0 spiro atoms. The van der Waals surface area contributed by atoms with Crippen LogP contribution < -0.4 is 11.1 Å². The van der Waals surface area contributed by atoms with Crippen LogP contribution in [0.3, 0.4) is 0 Å². The summed E-state index contributed by atoms with van der Waals surface area (Å²) in [5.41, 5.74) is 8.42. The average molecular weight is 306 g/mol. The molecule has 1 amide bonds. The fourth-order valence-electron chi connectivity index (χ4n) is 2.25. The van der Waals surface area contributed by atoms with Gasteiger partial charge in [-0.2, -0.15) is 4.98 Å². The highest BCUT2D eigenvalue weighted by molar-refractivity contribution is 5.79. The number of aromatic nitrogens is 4. The Labute approximate surface area is 132 Å². The molecule has 0 aliphatic rings. The van der Waals surface area contributed by atoms with Crippen molar-refractivity contribution in [3.63, 3.8) is 0 Å². The fourth-order valence-corrected chi connectivity index (χ4v) is 2.25. The van der Waals surface area contributed by atoms with Gasteiger partial charge < -0.3 is 15.6 Å². The van der Waals surface area contributed by atoms with Crippen molar-refractivity contribution in [2.75, 3.05) is 5.32 Å². The molecule has 0 bridgehead atoms. The topological polar surface area (TPSA) is 98.7 Å². The number of imidazole rings is 1. The zero-order valence-electron chi connectivity index (χ0n) is 12.4. The average Bonchev–Trinajstić information content (AvgIpc) is 2.88. The van der Waals surface area contributed by atoms with Crippen LogP contribution in [0.2, 0.25) is 0 Å². The molecule has 23 heavy (non-hydrogen) atoms. The molecule has 0 radical (unpaired) electrons. The van der Waals surface area contributed by atoms with Crippen LogP contribution >= 0.6 is 0 Å². The van der Waals surface area contributed by atoms with Crippen LogP contribution in [0.1, 0.15) is 11.3 Å². The molecule has 7 heteroatoms. The van der Waals surface area contributed by atoms with Gasteiger partial charge in [-0.1, -0.05) is 12.1 Å². The van der Waals surface area contributed by atoms with E-state index in [1.807, 2.05) is 31.3 Å². The molecule has 0 saturated heterocycles. The number of hydrogen-bond donors (Lipinski definition) is 2. The number of hydrogen-bond acceptors (Lipinski definition) is 5. The molecule has 0 saturated carbocycles. The number of terminal acetylenes is 1. The number of primary amides is 1. The molecule has 3 N–H and O–H groups in total. The van der Waals surface area contributed by atoms with Gasteiger partial charge in [0.2, 0.25) is 11.9 Å². The number of nitrogens with two attached hydrogens (primary N) is 1. The van der Waals surface area contributed by atoms with Gasteiger partial charge in [-0.05, 0) is 23.6 Å². The highest BCUT2D eigenvalue weighted by atomic mass is 16.1. The highest BCUT2D eigenvalue weighted by Crippen LogP contribution is 2.19. The second-order valence-electron chi connectivity index (χ2n) is 5.04. The lowest BCUT2D eigenvalue weighted by Crippen LogP contribution is -2.13. The van der Waals surface area contributed by atoms with E-state index in [9.17, 15) is 4.79 Å². The smallest absolute Gasteiger partial charge is 0.230 e. The predicted molar refractivity (Wildman–Crippen MR) is 86.9 cm³/mol. The number of amides is 1. The molecule has 2 heterocycles. The molecule has 3 rings (SSSR count). The number of carbonyl (C=O) groups excluding carboxylic acids is 1. The van der Waals surface area contributed by atoms with Crippen LogP contribution in [-0.4, -0.2) is 25.4 Å². The maximum atomic E-state index is 11.0. The van der Waals surface area contributed by atoms with Gasteiger partial charge in [-0.15, -0.1) is 6.42 Å². The summed E-state index contributed by atoms with van der Waals surface area (Å²) in [6.45, 7) is 0. The summed E-state index contributed by atoms with van der Waals surface area (Å²) in [6.07, 6.45) is 7.31. The number of anilines is 2. The minimum atomic E-state index is -0.385. The second-order valence-corrected chi connectivity index (χ2v) is 5.04. The van der Waals surface area contributed by atoms with Crippen molar-refractivity contribution in [2.45, 2.75) is 6.42 Å². The highest BCUT2D eigenvalue weighted by Gasteiger charge is 2.11. The summed E-state index contributed by atoms with van der Waals surface area (Å²) in [6, 6.07) is 7.31. The summed E-state index contributed by atoms with van der Waals surface area (Å²) in [5.74, 6) is 2.50. The van der Waals surface area contributed by atoms with Crippen LogP contribution in [0.15, 0.2) is 30.6 Å². The lowest BCUT2D eigenvalue weighted by Gasteiger charge is -2.07. The summed E-state index contributed by atoms with van der Waals surface area (Å²) in [4.78, 5) is 23.9. The number of benzene rings is 1. The maximum Gasteiger partial charge on any atom is 0.230 e. The van der Waals surface area contributed by atoms with Gasteiger partial charge in [-0.25, -0.2) is 9.97 Å². The molecular weight excluding hydrogens is 292 g/mol. The molecule has 0 aliphatic heterocycles. The fraction of sp³-hybridized carbons (Fsp3) is 0.125. The largest absolute Gasteiger partial charge is 0.369 e. The molecule has 7 nitrogen and oxygen atoms in total. The molecule has 3 aromatic rings. The minimum absolute atomic E-state index is 0.173. The standard InChI is InChI=1S/C16H14N6O/c1-3-12-14-15(22(2)9-18-14)21-16(20-12)19-11-6-4-5-10(7-11)8-13(17)23/h1,4-7,9H,8H2,2H3,(H2,17,23)(H,19,20,21). The first-order valence-electron chi connectivity index (χ1n) is 6.87. The van der Waals surface area contributed by atoms with Crippen molar-refractivity contribution >= 4 is 28.7 Å².